The number of carbonyl (C=O) groups excluding carboxylic acids is 5. The smallest absolute Gasteiger partial charge is 0.408 e. The number of likely N-dealkylation sites (N-methyl/N-ethyl adjacent to an activating group) is 1. The molecule has 14 heteroatoms. The van der Waals surface area contributed by atoms with Gasteiger partial charge in [-0.05, 0) is 61.1 Å². The van der Waals surface area contributed by atoms with Gasteiger partial charge >= 0.3 is 18.2 Å². The SMILES string of the molecule is CC[C@H]1OC(=O)C(C)C(=O)[C@H](C)[C@@H](O[C@@H]2O[C@H](C)C[C@H](N(C)C)[C@H]2O)[C@](C)(OC(N)=O)C[C@@H](C)C(=O)[C@H](C)[C@H]2NC(=O)O[C@@]21C. The molecular formula is C31H51N3O11. The summed E-state index contributed by atoms with van der Waals surface area (Å²) in [4.78, 5) is 68.1. The summed E-state index contributed by atoms with van der Waals surface area (Å²) < 4.78 is 29.5. The lowest BCUT2D eigenvalue weighted by Gasteiger charge is -2.46. The van der Waals surface area contributed by atoms with E-state index in [-0.39, 0.29) is 30.8 Å². The number of ether oxygens (including phenoxy) is 5. The maximum atomic E-state index is 14.0. The number of amides is 2. The molecule has 0 bridgehead atoms. The number of Topliss-reactive ketones (excluding diaryl/α,β-unsaturated/α-hetero) is 2. The first-order valence-electron chi connectivity index (χ1n) is 15.7. The van der Waals surface area contributed by atoms with Crippen LogP contribution in [-0.4, -0.2) is 108 Å². The van der Waals surface area contributed by atoms with E-state index >= 15 is 0 Å². The molecule has 3 rings (SSSR count). The van der Waals surface area contributed by atoms with Gasteiger partial charge in [0, 0.05) is 23.8 Å². The van der Waals surface area contributed by atoms with Crippen molar-refractivity contribution < 1.29 is 52.8 Å². The summed E-state index contributed by atoms with van der Waals surface area (Å²) in [7, 11) is 3.62. The minimum Gasteiger partial charge on any atom is -0.458 e. The second kappa shape index (κ2) is 13.9. The van der Waals surface area contributed by atoms with Gasteiger partial charge in [-0.2, -0.15) is 0 Å². The van der Waals surface area contributed by atoms with Gasteiger partial charge in [-0.3, -0.25) is 14.4 Å². The summed E-state index contributed by atoms with van der Waals surface area (Å²) in [5.41, 5.74) is 2.40. The highest BCUT2D eigenvalue weighted by atomic mass is 16.7. The molecule has 3 aliphatic heterocycles. The molecule has 2 amide bonds. The number of hydrogen-bond donors (Lipinski definition) is 3. The summed E-state index contributed by atoms with van der Waals surface area (Å²) in [6, 6.07) is -1.23. The van der Waals surface area contributed by atoms with Gasteiger partial charge in [0.15, 0.2) is 17.7 Å². The third kappa shape index (κ3) is 7.44. The number of nitrogens with one attached hydrogen (secondary N) is 1. The van der Waals surface area contributed by atoms with Crippen LogP contribution in [0.5, 0.6) is 0 Å². The lowest BCUT2D eigenvalue weighted by Crippen LogP contribution is -2.60. The average Bonchev–Trinajstić information content (AvgIpc) is 3.26. The molecule has 0 aliphatic carbocycles. The number of nitrogens with two attached hydrogens (primary N) is 1. The molecule has 0 spiro atoms. The van der Waals surface area contributed by atoms with Crippen molar-refractivity contribution in [1.82, 2.24) is 10.2 Å². The van der Waals surface area contributed by atoms with Gasteiger partial charge < -0.3 is 44.7 Å². The van der Waals surface area contributed by atoms with E-state index < -0.39 is 89.5 Å². The monoisotopic (exact) mass is 641 g/mol. The van der Waals surface area contributed by atoms with E-state index in [1.54, 1.807) is 27.7 Å². The number of cyclic esters (lactones) is 1. The molecule has 0 aromatic heterocycles. The lowest BCUT2D eigenvalue weighted by atomic mass is 9.73. The average molecular weight is 642 g/mol. The van der Waals surface area contributed by atoms with Crippen molar-refractivity contribution in [3.63, 3.8) is 0 Å². The van der Waals surface area contributed by atoms with Gasteiger partial charge in [-0.15, -0.1) is 0 Å². The Morgan fingerprint density at radius 1 is 1.07 bits per heavy atom. The van der Waals surface area contributed by atoms with E-state index in [0.29, 0.717) is 6.42 Å². The number of aliphatic hydroxyl groups excluding tert-OH is 1. The summed E-state index contributed by atoms with van der Waals surface area (Å²) in [5, 5.41) is 14.0. The fourth-order valence-corrected chi connectivity index (χ4v) is 7.32. The maximum Gasteiger partial charge on any atom is 0.408 e. The maximum absolute atomic E-state index is 14.0. The van der Waals surface area contributed by atoms with E-state index in [0.717, 1.165) is 0 Å². The van der Waals surface area contributed by atoms with Crippen LogP contribution in [0.1, 0.15) is 74.7 Å². The predicted octanol–water partition coefficient (Wildman–Crippen LogP) is 1.93. The molecular weight excluding hydrogens is 590 g/mol. The Labute approximate surface area is 264 Å². The molecule has 13 atom stereocenters. The van der Waals surface area contributed by atoms with Gasteiger partial charge in [0.2, 0.25) is 0 Å². The molecule has 1 unspecified atom stereocenters. The number of carbonyl (C=O) groups is 5. The number of aliphatic hydroxyl groups is 1. The molecule has 0 radical (unpaired) electrons. The minimum absolute atomic E-state index is 0.148. The zero-order valence-electron chi connectivity index (χ0n) is 28.0. The van der Waals surface area contributed by atoms with Crippen LogP contribution in [0.15, 0.2) is 0 Å². The van der Waals surface area contributed by atoms with Crippen LogP contribution in [0.4, 0.5) is 9.59 Å². The summed E-state index contributed by atoms with van der Waals surface area (Å²) >= 11 is 0. The van der Waals surface area contributed by atoms with Gasteiger partial charge in [0.1, 0.15) is 35.6 Å². The fourth-order valence-electron chi connectivity index (χ4n) is 7.32. The van der Waals surface area contributed by atoms with Gasteiger partial charge in [0.05, 0.1) is 12.1 Å². The van der Waals surface area contributed by atoms with Crippen LogP contribution in [0.25, 0.3) is 0 Å². The fraction of sp³-hybridized carbons (Fsp3) is 0.839. The highest BCUT2D eigenvalue weighted by Gasteiger charge is 2.57. The molecule has 0 saturated carbocycles. The van der Waals surface area contributed by atoms with Crippen molar-refractivity contribution in [2.75, 3.05) is 14.1 Å². The molecule has 3 aliphatic rings. The third-order valence-electron chi connectivity index (χ3n) is 9.79. The summed E-state index contributed by atoms with van der Waals surface area (Å²) in [6.07, 6.45) is -6.38. The first-order chi connectivity index (χ1) is 20.8. The number of rotatable bonds is 5. The minimum atomic E-state index is -1.72. The van der Waals surface area contributed by atoms with Crippen LogP contribution < -0.4 is 11.1 Å². The van der Waals surface area contributed by atoms with Crippen molar-refractivity contribution in [3.05, 3.63) is 0 Å². The van der Waals surface area contributed by atoms with Crippen molar-refractivity contribution in [2.24, 2.45) is 29.4 Å². The van der Waals surface area contributed by atoms with Crippen LogP contribution in [0, 0.1) is 23.7 Å². The number of fused-ring (bicyclic) bond motifs is 1. The molecule has 4 N–H and O–H groups in total. The molecule has 3 fully saturated rings. The molecule has 3 saturated heterocycles. The Kier molecular flexibility index (Phi) is 11.3. The Morgan fingerprint density at radius 2 is 1.69 bits per heavy atom. The van der Waals surface area contributed by atoms with Crippen LogP contribution in [0.2, 0.25) is 0 Å². The Bertz CT molecular complexity index is 1150. The number of alkyl carbamates (subject to hydrolysis) is 1. The van der Waals surface area contributed by atoms with E-state index in [9.17, 15) is 29.1 Å². The van der Waals surface area contributed by atoms with Crippen LogP contribution in [0.3, 0.4) is 0 Å². The topological polar surface area (TPSA) is 193 Å². The molecule has 14 nitrogen and oxygen atoms in total. The predicted molar refractivity (Wildman–Crippen MR) is 160 cm³/mol. The van der Waals surface area contributed by atoms with Crippen molar-refractivity contribution in [1.29, 1.82) is 0 Å². The Morgan fingerprint density at radius 3 is 2.24 bits per heavy atom. The Hall–Kier alpha value is -2.81. The van der Waals surface area contributed by atoms with Crippen LogP contribution in [-0.2, 0) is 38.1 Å². The second-order valence-corrected chi connectivity index (χ2v) is 13.6. The number of nitrogens with zero attached hydrogens (tertiary/aromatic N) is 1. The van der Waals surface area contributed by atoms with Crippen molar-refractivity contribution >= 4 is 29.7 Å². The van der Waals surface area contributed by atoms with Gasteiger partial charge in [-0.25, -0.2) is 9.59 Å². The van der Waals surface area contributed by atoms with E-state index in [4.69, 9.17) is 29.4 Å². The zero-order chi connectivity index (χ0) is 34.2. The van der Waals surface area contributed by atoms with Crippen molar-refractivity contribution in [2.45, 2.75) is 129 Å². The molecule has 45 heavy (non-hydrogen) atoms. The van der Waals surface area contributed by atoms with Crippen LogP contribution >= 0.6 is 0 Å². The summed E-state index contributed by atoms with van der Waals surface area (Å²) in [6.45, 7) is 12.8. The molecule has 0 aromatic rings. The number of primary amides is 1. The molecule has 0 aromatic carbocycles. The first-order valence-corrected chi connectivity index (χ1v) is 15.7. The first kappa shape index (κ1) is 36.7. The third-order valence-corrected chi connectivity index (χ3v) is 9.79. The van der Waals surface area contributed by atoms with E-state index in [1.807, 2.05) is 25.9 Å². The van der Waals surface area contributed by atoms with E-state index in [2.05, 4.69) is 5.32 Å². The zero-order valence-corrected chi connectivity index (χ0v) is 28.0. The standard InChI is InChI=1S/C31H51N3O11/c1-11-20-31(8)24(33-29(40)45-31)16(4)21(35)14(2)13-30(7,44-28(32)39)25(17(5)22(36)18(6)26(38)42-20)43-27-23(37)19(34(9)10)12-15(3)41-27/h14-20,23-25,27,37H,11-13H2,1-10H3,(H2,32,39)(H,33,40)/t14-,15-,16+,17+,18?,19+,20-,23-,24-,25-,27+,30-,31-/m1/s1. The van der Waals surface area contributed by atoms with E-state index in [1.165, 1.54) is 20.8 Å². The second-order valence-electron chi connectivity index (χ2n) is 13.6. The quantitative estimate of drug-likeness (QED) is 0.225. The van der Waals surface area contributed by atoms with Crippen molar-refractivity contribution in [3.8, 4) is 0 Å². The van der Waals surface area contributed by atoms with Gasteiger partial charge in [-0.1, -0.05) is 27.7 Å². The number of hydrogen-bond acceptors (Lipinski definition) is 12. The largest absolute Gasteiger partial charge is 0.458 e. The highest BCUT2D eigenvalue weighted by Crippen LogP contribution is 2.40. The highest BCUT2D eigenvalue weighted by molar-refractivity contribution is 6.00. The normalized spacial score (nSPS) is 43.5. The summed E-state index contributed by atoms with van der Waals surface area (Å²) in [5.74, 6) is -5.86. The number of ketones is 2. The molecule has 3 heterocycles. The number of esters is 1. The Balaban J connectivity index is 2.15. The lowest BCUT2D eigenvalue weighted by molar-refractivity contribution is -0.292. The van der Waals surface area contributed by atoms with Gasteiger partial charge in [0.25, 0.3) is 0 Å². The molecule has 256 valence electrons.